The van der Waals surface area contributed by atoms with Crippen molar-refractivity contribution in [2.45, 2.75) is 13.5 Å². The molecule has 0 aliphatic carbocycles. The summed E-state index contributed by atoms with van der Waals surface area (Å²) in [7, 11) is 1.63. The summed E-state index contributed by atoms with van der Waals surface area (Å²) in [6.45, 7) is 1.86. The molecule has 112 valence electrons. The molecule has 5 heteroatoms. The van der Waals surface area contributed by atoms with Gasteiger partial charge in [0.1, 0.15) is 17.1 Å². The molecule has 5 nitrogen and oxygen atoms in total. The van der Waals surface area contributed by atoms with Crippen LogP contribution in [-0.4, -0.2) is 27.2 Å². The molecule has 0 radical (unpaired) electrons. The summed E-state index contributed by atoms with van der Waals surface area (Å²) in [6.07, 6.45) is 0. The van der Waals surface area contributed by atoms with E-state index in [-0.39, 0.29) is 6.61 Å². The second-order valence-corrected chi connectivity index (χ2v) is 5.03. The summed E-state index contributed by atoms with van der Waals surface area (Å²) in [5.41, 5.74) is 4.25. The monoisotopic (exact) mass is 295 g/mol. The second-order valence-electron chi connectivity index (χ2n) is 5.03. The summed E-state index contributed by atoms with van der Waals surface area (Å²) in [5.74, 6) is 0.749. The molecule has 2 aromatic carbocycles. The van der Waals surface area contributed by atoms with Crippen molar-refractivity contribution in [3.05, 3.63) is 59.8 Å². The van der Waals surface area contributed by atoms with Gasteiger partial charge in [0, 0.05) is 5.56 Å². The molecule has 1 aromatic heterocycles. The van der Waals surface area contributed by atoms with Crippen molar-refractivity contribution in [3.63, 3.8) is 0 Å². The number of hydrogen-bond acceptors (Lipinski definition) is 4. The van der Waals surface area contributed by atoms with E-state index in [1.165, 1.54) is 0 Å². The number of aliphatic hydroxyl groups excluding tert-OH is 1. The summed E-state index contributed by atoms with van der Waals surface area (Å²) < 4.78 is 7.02. The van der Waals surface area contributed by atoms with E-state index in [9.17, 15) is 5.11 Å². The first-order valence-electron chi connectivity index (χ1n) is 7.00. The van der Waals surface area contributed by atoms with Crippen molar-refractivity contribution in [2.75, 3.05) is 7.11 Å². The van der Waals surface area contributed by atoms with Crippen molar-refractivity contribution in [1.29, 1.82) is 0 Å². The Bertz CT molecular complexity index is 796. The minimum atomic E-state index is -0.168. The predicted octanol–water partition coefficient (Wildman–Crippen LogP) is 2.74. The highest BCUT2D eigenvalue weighted by Gasteiger charge is 2.16. The second kappa shape index (κ2) is 5.99. The van der Waals surface area contributed by atoms with Gasteiger partial charge in [-0.15, -0.1) is 5.10 Å². The maximum Gasteiger partial charge on any atom is 0.119 e. The Balaban J connectivity index is 2.19. The average molecular weight is 295 g/mol. The Morgan fingerprint density at radius 2 is 1.95 bits per heavy atom. The van der Waals surface area contributed by atoms with Crippen LogP contribution in [0.1, 0.15) is 11.3 Å². The minimum absolute atomic E-state index is 0.168. The van der Waals surface area contributed by atoms with Gasteiger partial charge in [-0.05, 0) is 36.8 Å². The molecule has 3 rings (SSSR count). The average Bonchev–Trinajstić information content (AvgIpc) is 2.99. The maximum atomic E-state index is 9.57. The van der Waals surface area contributed by atoms with Gasteiger partial charge in [-0.3, -0.25) is 0 Å². The lowest BCUT2D eigenvalue weighted by Crippen LogP contribution is -2.00. The fourth-order valence-corrected chi connectivity index (χ4v) is 2.42. The van der Waals surface area contributed by atoms with Gasteiger partial charge < -0.3 is 9.84 Å². The first-order chi connectivity index (χ1) is 10.7. The molecular formula is C17H17N3O2. The minimum Gasteiger partial charge on any atom is -0.497 e. The Morgan fingerprint density at radius 3 is 2.68 bits per heavy atom. The Morgan fingerprint density at radius 1 is 1.14 bits per heavy atom. The zero-order valence-electron chi connectivity index (χ0n) is 12.5. The van der Waals surface area contributed by atoms with Crippen molar-refractivity contribution in [3.8, 4) is 22.7 Å². The number of ether oxygens (including phenoxy) is 1. The molecule has 22 heavy (non-hydrogen) atoms. The van der Waals surface area contributed by atoms with Crippen LogP contribution in [0.5, 0.6) is 5.75 Å². The van der Waals surface area contributed by atoms with Crippen LogP contribution in [-0.2, 0) is 6.61 Å². The molecule has 0 aliphatic rings. The number of methoxy groups -OCH3 is 1. The molecule has 3 aromatic rings. The smallest absolute Gasteiger partial charge is 0.119 e. The largest absolute Gasteiger partial charge is 0.497 e. The normalized spacial score (nSPS) is 10.7. The molecule has 0 fully saturated rings. The van der Waals surface area contributed by atoms with E-state index in [1.807, 2.05) is 55.5 Å². The lowest BCUT2D eigenvalue weighted by Gasteiger charge is -2.09. The van der Waals surface area contributed by atoms with Crippen LogP contribution < -0.4 is 4.74 Å². The fraction of sp³-hybridized carbons (Fsp3) is 0.176. The number of aromatic nitrogens is 3. The SMILES string of the molecule is COc1cccc(-c2c(CO)nnn2-c2cccc(C)c2)c1. The van der Waals surface area contributed by atoms with Crippen LogP contribution in [0.25, 0.3) is 16.9 Å². The zero-order valence-corrected chi connectivity index (χ0v) is 12.5. The summed E-state index contributed by atoms with van der Waals surface area (Å²) in [5, 5.41) is 17.9. The van der Waals surface area contributed by atoms with E-state index in [4.69, 9.17) is 4.74 Å². The molecule has 0 aliphatic heterocycles. The number of hydrogen-bond donors (Lipinski definition) is 1. The molecule has 0 amide bonds. The van der Waals surface area contributed by atoms with Crippen LogP contribution in [0.15, 0.2) is 48.5 Å². The first kappa shape index (κ1) is 14.3. The topological polar surface area (TPSA) is 60.2 Å². The van der Waals surface area contributed by atoms with E-state index >= 15 is 0 Å². The van der Waals surface area contributed by atoms with E-state index in [0.29, 0.717) is 5.69 Å². The predicted molar refractivity (Wildman–Crippen MR) is 84.0 cm³/mol. The number of benzene rings is 2. The summed E-state index contributed by atoms with van der Waals surface area (Å²) in [6, 6.07) is 15.6. The number of aliphatic hydroxyl groups is 1. The van der Waals surface area contributed by atoms with Crippen LogP contribution in [0, 0.1) is 6.92 Å². The van der Waals surface area contributed by atoms with Gasteiger partial charge in [0.2, 0.25) is 0 Å². The number of aryl methyl sites for hydroxylation is 1. The van der Waals surface area contributed by atoms with Crippen molar-refractivity contribution in [2.24, 2.45) is 0 Å². The lowest BCUT2D eigenvalue weighted by atomic mass is 10.1. The highest BCUT2D eigenvalue weighted by molar-refractivity contribution is 5.66. The van der Waals surface area contributed by atoms with Gasteiger partial charge in [-0.25, -0.2) is 4.68 Å². The Hall–Kier alpha value is -2.66. The van der Waals surface area contributed by atoms with E-state index in [0.717, 1.165) is 28.3 Å². The zero-order chi connectivity index (χ0) is 15.5. The third kappa shape index (κ3) is 2.58. The van der Waals surface area contributed by atoms with Crippen LogP contribution >= 0.6 is 0 Å². The molecule has 0 saturated carbocycles. The molecule has 0 atom stereocenters. The third-order valence-electron chi connectivity index (χ3n) is 3.48. The molecule has 1 N–H and O–H groups in total. The molecule has 0 saturated heterocycles. The van der Waals surface area contributed by atoms with Gasteiger partial charge in [-0.2, -0.15) is 0 Å². The van der Waals surface area contributed by atoms with Gasteiger partial charge in [-0.1, -0.05) is 29.5 Å². The van der Waals surface area contributed by atoms with Gasteiger partial charge in [0.05, 0.1) is 19.4 Å². The first-order valence-corrected chi connectivity index (χ1v) is 7.00. The van der Waals surface area contributed by atoms with Gasteiger partial charge >= 0.3 is 0 Å². The Labute approximate surface area is 128 Å². The Kier molecular flexibility index (Phi) is 3.89. The van der Waals surface area contributed by atoms with Crippen LogP contribution in [0.3, 0.4) is 0 Å². The van der Waals surface area contributed by atoms with E-state index in [1.54, 1.807) is 11.8 Å². The molecular weight excluding hydrogens is 278 g/mol. The van der Waals surface area contributed by atoms with Crippen LogP contribution in [0.2, 0.25) is 0 Å². The lowest BCUT2D eigenvalue weighted by molar-refractivity contribution is 0.277. The summed E-state index contributed by atoms with van der Waals surface area (Å²) >= 11 is 0. The van der Waals surface area contributed by atoms with Gasteiger partial charge in [0.25, 0.3) is 0 Å². The molecule has 0 bridgehead atoms. The van der Waals surface area contributed by atoms with Crippen molar-refractivity contribution >= 4 is 0 Å². The third-order valence-corrected chi connectivity index (χ3v) is 3.48. The molecule has 0 unspecified atom stereocenters. The maximum absolute atomic E-state index is 9.57. The van der Waals surface area contributed by atoms with Crippen molar-refractivity contribution in [1.82, 2.24) is 15.0 Å². The highest BCUT2D eigenvalue weighted by Crippen LogP contribution is 2.28. The molecule has 1 heterocycles. The molecule has 0 spiro atoms. The van der Waals surface area contributed by atoms with Gasteiger partial charge in [0.15, 0.2) is 0 Å². The number of rotatable bonds is 4. The highest BCUT2D eigenvalue weighted by atomic mass is 16.5. The quantitative estimate of drug-likeness (QED) is 0.804. The summed E-state index contributed by atoms with van der Waals surface area (Å²) in [4.78, 5) is 0. The van der Waals surface area contributed by atoms with Crippen molar-refractivity contribution < 1.29 is 9.84 Å². The van der Waals surface area contributed by atoms with E-state index in [2.05, 4.69) is 10.3 Å². The number of nitrogens with zero attached hydrogens (tertiary/aromatic N) is 3. The fourth-order valence-electron chi connectivity index (χ4n) is 2.42. The standard InChI is InChI=1S/C17H17N3O2/c1-12-5-3-7-14(9-12)20-17(16(11-21)18-19-20)13-6-4-8-15(10-13)22-2/h3-10,21H,11H2,1-2H3. The van der Waals surface area contributed by atoms with Crippen LogP contribution in [0.4, 0.5) is 0 Å². The van der Waals surface area contributed by atoms with E-state index < -0.39 is 0 Å².